The Bertz CT molecular complexity index is 1920. The Morgan fingerprint density at radius 2 is 1.07 bits per heavy atom. The van der Waals surface area contributed by atoms with Crippen molar-refractivity contribution >= 4 is 101 Å². The molecule has 0 atom stereocenters. The molecule has 0 bridgehead atoms. The van der Waals surface area contributed by atoms with Crippen molar-refractivity contribution in [2.45, 2.75) is 116 Å². The second-order valence-electron chi connectivity index (χ2n) is 16.6. The Morgan fingerprint density at radius 3 is 1.43 bits per heavy atom. The number of nitrogens with zero attached hydrogens (tertiary/aromatic N) is 2. The number of carbonyl (C=O) groups excluding carboxylic acids is 10. The van der Waals surface area contributed by atoms with Gasteiger partial charge >= 0.3 is 35.9 Å². The van der Waals surface area contributed by atoms with Crippen molar-refractivity contribution in [3.05, 3.63) is 33.4 Å². The number of halogens is 1. The molecule has 0 unspecified atom stereocenters. The molecule has 0 saturated carbocycles. The number of hydrogen-bond donors (Lipinski definition) is 4. The van der Waals surface area contributed by atoms with Gasteiger partial charge in [-0.25, -0.2) is 14.4 Å². The predicted octanol–water partition coefficient (Wildman–Crippen LogP) is 3.21. The fourth-order valence-corrected chi connectivity index (χ4v) is 8.54. The molecule has 0 spiro atoms. The summed E-state index contributed by atoms with van der Waals surface area (Å²) in [6.45, 7) is 7.29. The summed E-state index contributed by atoms with van der Waals surface area (Å²) >= 11 is 2.35. The van der Waals surface area contributed by atoms with Crippen LogP contribution in [0.5, 0.6) is 0 Å². The maximum Gasteiger partial charge on any atom is 0.407 e. The first-order valence-corrected chi connectivity index (χ1v) is 24.2. The maximum absolute atomic E-state index is 12.2. The molecule has 4 aliphatic heterocycles. The molecular formula is C44H62ClN5O15S2. The second kappa shape index (κ2) is 29.1. The van der Waals surface area contributed by atoms with Crippen molar-refractivity contribution < 1.29 is 72.1 Å². The van der Waals surface area contributed by atoms with Gasteiger partial charge in [-0.1, -0.05) is 0 Å². The fraction of sp³-hybridized carbons (Fsp3) is 0.614. The van der Waals surface area contributed by atoms with Crippen LogP contribution in [-0.2, 0) is 62.2 Å². The van der Waals surface area contributed by atoms with Gasteiger partial charge in [0.2, 0.25) is 0 Å². The van der Waals surface area contributed by atoms with Crippen LogP contribution in [-0.4, -0.2) is 142 Å². The Hall–Kier alpha value is -4.90. The van der Waals surface area contributed by atoms with Gasteiger partial charge in [0.1, 0.15) is 11.4 Å². The van der Waals surface area contributed by atoms with Gasteiger partial charge < -0.3 is 36.1 Å². The first-order chi connectivity index (χ1) is 31.3. The number of carboxylic acid groups (broad SMARTS) is 1. The smallest absolute Gasteiger partial charge is 0.407 e. The van der Waals surface area contributed by atoms with Crippen LogP contribution < -0.4 is 16.8 Å². The molecule has 6 N–H and O–H groups in total. The number of nitrogens with one attached hydrogen (secondary N) is 1. The molecule has 67 heavy (non-hydrogen) atoms. The number of cyclic esters (lactones) is 4. The summed E-state index contributed by atoms with van der Waals surface area (Å²) in [7, 11) is 0. The van der Waals surface area contributed by atoms with Gasteiger partial charge in [0.25, 0.3) is 23.6 Å². The molecule has 7 rings (SSSR count). The number of rotatable bonds is 12. The highest BCUT2D eigenvalue weighted by Gasteiger charge is 2.39. The van der Waals surface area contributed by atoms with Gasteiger partial charge in [0.15, 0.2) is 0 Å². The van der Waals surface area contributed by atoms with Crippen LogP contribution in [0.3, 0.4) is 0 Å². The quantitative estimate of drug-likeness (QED) is 0.0944. The number of ether oxygens (including phenoxy) is 3. The summed E-state index contributed by atoms with van der Waals surface area (Å²) in [5.74, 6) is -2.56. The number of nitrogens with two attached hydrogens (primary N) is 2. The van der Waals surface area contributed by atoms with Gasteiger partial charge in [0, 0.05) is 72.6 Å². The van der Waals surface area contributed by atoms with E-state index in [-0.39, 0.29) is 66.3 Å². The number of hydrogen-bond acceptors (Lipinski definition) is 18. The molecule has 4 heterocycles. The highest BCUT2D eigenvalue weighted by Crippen LogP contribution is 2.34. The number of aliphatic carboxylic acids is 1. The van der Waals surface area contributed by atoms with Crippen LogP contribution in [0.2, 0.25) is 0 Å². The van der Waals surface area contributed by atoms with E-state index in [0.29, 0.717) is 79.2 Å². The molecule has 23 heteroatoms. The summed E-state index contributed by atoms with van der Waals surface area (Å²) in [5, 5.41) is 11.0. The Balaban J connectivity index is 0.000000300. The zero-order chi connectivity index (χ0) is 49.0. The lowest BCUT2D eigenvalue weighted by Crippen LogP contribution is -2.35. The van der Waals surface area contributed by atoms with E-state index >= 15 is 0 Å². The van der Waals surface area contributed by atoms with Gasteiger partial charge in [-0.3, -0.25) is 48.2 Å². The van der Waals surface area contributed by atoms with Crippen molar-refractivity contribution in [2.24, 2.45) is 11.5 Å². The molecule has 7 aliphatic rings. The standard InChI is InChI=1S/C15H19NO5S.C10H14N2O2.C8H8O3.C7H16N2O2.C4H4O3S.ClH/c17-10(8-22-9-13(18)19)4-3-7-16-14(20)11-5-1-2-6-12(11)15(16)21;11-5-6-12-9(13)7-3-1-2-4-8(7)10(12)14;9-7-5-3-1-2-4-6(5)8(10)11-7;1-7(2,3)11-6(10)9-5-4-8;5-3-1-8-2-4(6)7-3;/h1-9H2,(H,18,19);1-6,11H2;1-4H2;4-5,8H2,1-3H3,(H,9,10);1-2H2;1H. The second-order valence-corrected chi connectivity index (χ2v) is 18.5. The molecular weight excluding hydrogens is 938 g/mol. The molecule has 0 radical (unpaired) electrons. The monoisotopic (exact) mass is 999 g/mol. The van der Waals surface area contributed by atoms with Gasteiger partial charge in [-0.15, -0.1) is 35.9 Å². The number of carboxylic acids is 1. The van der Waals surface area contributed by atoms with Crippen LogP contribution in [0.1, 0.15) is 111 Å². The minimum absolute atomic E-state index is 0. The molecule has 20 nitrogen and oxygen atoms in total. The molecule has 0 aromatic rings. The number of carbonyl (C=O) groups is 11. The number of amides is 5. The van der Waals surface area contributed by atoms with Crippen LogP contribution >= 0.6 is 35.9 Å². The largest absolute Gasteiger partial charge is 0.481 e. The number of esters is 4. The number of ketones is 1. The topological polar surface area (TPSA) is 306 Å². The van der Waals surface area contributed by atoms with Gasteiger partial charge in [-0.2, -0.15) is 0 Å². The zero-order valence-corrected chi connectivity index (χ0v) is 40.6. The first-order valence-electron chi connectivity index (χ1n) is 21.9. The third-order valence-electron chi connectivity index (χ3n) is 10.3. The summed E-state index contributed by atoms with van der Waals surface area (Å²) in [5.41, 5.74) is 14.2. The zero-order valence-electron chi connectivity index (χ0n) is 38.2. The molecule has 3 aliphatic carbocycles. The number of imide groups is 2. The van der Waals surface area contributed by atoms with Crippen molar-refractivity contribution in [2.75, 3.05) is 55.7 Å². The first kappa shape index (κ1) is 58.2. The molecule has 0 aromatic carbocycles. The van der Waals surface area contributed by atoms with Crippen LogP contribution in [0, 0.1) is 0 Å². The molecule has 5 amide bonds. The minimum atomic E-state index is -0.942. The Labute approximate surface area is 403 Å². The maximum atomic E-state index is 12.2. The summed E-state index contributed by atoms with van der Waals surface area (Å²) in [6, 6.07) is 0. The average molecular weight is 1000 g/mol. The van der Waals surface area contributed by atoms with Crippen molar-refractivity contribution in [1.29, 1.82) is 0 Å². The van der Waals surface area contributed by atoms with Crippen molar-refractivity contribution in [3.8, 4) is 0 Å². The fourth-order valence-electron chi connectivity index (χ4n) is 7.34. The van der Waals surface area contributed by atoms with Gasteiger partial charge in [0.05, 0.1) is 23.0 Å². The lowest BCUT2D eigenvalue weighted by atomic mass is 9.93. The highest BCUT2D eigenvalue weighted by molar-refractivity contribution is 8.00. The molecule has 1 fully saturated rings. The molecule has 1 saturated heterocycles. The minimum Gasteiger partial charge on any atom is -0.481 e. The molecule has 0 aromatic heterocycles. The Kier molecular flexibility index (Phi) is 25.3. The van der Waals surface area contributed by atoms with E-state index in [4.69, 9.17) is 21.3 Å². The summed E-state index contributed by atoms with van der Waals surface area (Å²) < 4.78 is 13.6. The van der Waals surface area contributed by atoms with E-state index in [1.54, 1.807) is 0 Å². The van der Waals surface area contributed by atoms with Crippen LogP contribution in [0.15, 0.2) is 33.4 Å². The van der Waals surface area contributed by atoms with E-state index in [2.05, 4.69) is 14.8 Å². The van der Waals surface area contributed by atoms with Gasteiger partial charge in [-0.05, 0) is 104 Å². The number of thioether (sulfide) groups is 2. The third-order valence-corrected chi connectivity index (χ3v) is 12.1. The summed E-state index contributed by atoms with van der Waals surface area (Å²) in [4.78, 5) is 125. The Morgan fingerprint density at radius 1 is 0.657 bits per heavy atom. The number of Topliss-reactive ketones (excluding diaryl/α,β-unsaturated/α-hetero) is 1. The lowest BCUT2D eigenvalue weighted by Gasteiger charge is -2.19. The lowest BCUT2D eigenvalue weighted by molar-refractivity contribution is -0.157. The highest BCUT2D eigenvalue weighted by atomic mass is 35.5. The van der Waals surface area contributed by atoms with E-state index in [0.717, 1.165) is 87.1 Å². The molecule has 372 valence electrons. The SMILES string of the molecule is CC(C)(C)OC(=O)NCCN.Cl.NCCN1C(=O)C2=C(CCCC2)C1=O.O=C(O)CSCC(=O)CCCN1C(=O)C2=C(CCCC2)C1=O.O=C1CSCC(=O)O1.O=C1OC(=O)C2=C1CCCC2. The normalized spacial score (nSPS) is 18.6. The van der Waals surface area contributed by atoms with E-state index in [9.17, 15) is 52.7 Å². The van der Waals surface area contributed by atoms with E-state index in [1.807, 2.05) is 20.8 Å². The summed E-state index contributed by atoms with van der Waals surface area (Å²) in [6.07, 6.45) is 10.6. The van der Waals surface area contributed by atoms with Crippen LogP contribution in [0.25, 0.3) is 0 Å². The number of alkyl carbamates (subject to hydrolysis) is 1. The van der Waals surface area contributed by atoms with E-state index in [1.165, 1.54) is 21.6 Å². The van der Waals surface area contributed by atoms with Crippen molar-refractivity contribution in [1.82, 2.24) is 15.1 Å². The van der Waals surface area contributed by atoms with E-state index < -0.39 is 41.5 Å². The van der Waals surface area contributed by atoms with Crippen molar-refractivity contribution in [3.63, 3.8) is 0 Å². The third kappa shape index (κ3) is 19.0. The van der Waals surface area contributed by atoms with Crippen LogP contribution in [0.4, 0.5) is 4.79 Å². The predicted molar refractivity (Wildman–Crippen MR) is 248 cm³/mol. The average Bonchev–Trinajstić information content (AvgIpc) is 3.80.